The number of nitrogens with two attached hydrogens (primary N) is 1. The van der Waals surface area contributed by atoms with E-state index in [-0.39, 0.29) is 11.7 Å². The number of halogens is 1. The van der Waals surface area contributed by atoms with E-state index in [4.69, 9.17) is 5.73 Å². The van der Waals surface area contributed by atoms with Gasteiger partial charge in [0.15, 0.2) is 0 Å². The van der Waals surface area contributed by atoms with E-state index in [1.165, 1.54) is 0 Å². The van der Waals surface area contributed by atoms with E-state index < -0.39 is 15.9 Å². The van der Waals surface area contributed by atoms with Gasteiger partial charge in [-0.05, 0) is 17.2 Å². The molecule has 1 aliphatic rings. The lowest BCUT2D eigenvalue weighted by Gasteiger charge is -2.14. The molecule has 1 heterocycles. The maximum Gasteiger partial charge on any atom is 0.228 e. The summed E-state index contributed by atoms with van der Waals surface area (Å²) in [5, 5.41) is 2.72. The Morgan fingerprint density at radius 2 is 2.17 bits per heavy atom. The van der Waals surface area contributed by atoms with E-state index in [1.807, 2.05) is 0 Å². The third kappa shape index (κ3) is 2.90. The van der Waals surface area contributed by atoms with Crippen LogP contribution in [0.25, 0.3) is 0 Å². The van der Waals surface area contributed by atoms with Gasteiger partial charge in [0.25, 0.3) is 0 Å². The predicted octanol–water partition coefficient (Wildman–Crippen LogP) is 0.988. The van der Waals surface area contributed by atoms with Crippen LogP contribution in [0.1, 0.15) is 17.2 Å². The van der Waals surface area contributed by atoms with Crippen LogP contribution in [0.5, 0.6) is 0 Å². The normalized spacial score (nSPS) is 16.3. The minimum absolute atomic E-state index is 0.0641. The van der Waals surface area contributed by atoms with Gasteiger partial charge >= 0.3 is 0 Å². The monoisotopic (exact) mass is 332 g/mol. The minimum Gasteiger partial charge on any atom is -0.325 e. The molecule has 1 aromatic rings. The predicted molar refractivity (Wildman–Crippen MR) is 73.1 cm³/mol. The van der Waals surface area contributed by atoms with E-state index in [0.717, 1.165) is 17.5 Å². The summed E-state index contributed by atoms with van der Waals surface area (Å²) in [6, 6.07) is 2.94. The highest BCUT2D eigenvalue weighted by Crippen LogP contribution is 2.32. The van der Waals surface area contributed by atoms with Crippen LogP contribution < -0.4 is 11.1 Å². The maximum atomic E-state index is 11.3. The molecule has 0 fully saturated rings. The second-order valence-corrected chi connectivity index (χ2v) is 7.49. The molecule has 1 amide bonds. The first-order valence-electron chi connectivity index (χ1n) is 5.32. The zero-order chi connectivity index (χ0) is 13.5. The molecular weight excluding hydrogens is 320 g/mol. The third-order valence-corrected chi connectivity index (χ3v) is 4.38. The van der Waals surface area contributed by atoms with Crippen molar-refractivity contribution in [2.24, 2.45) is 5.73 Å². The number of amides is 1. The number of carbonyl (C=O) groups is 1. The molecule has 0 saturated carbocycles. The number of benzene rings is 1. The Morgan fingerprint density at radius 1 is 1.50 bits per heavy atom. The molecule has 1 unspecified atom stereocenters. The fourth-order valence-electron chi connectivity index (χ4n) is 1.97. The van der Waals surface area contributed by atoms with E-state index in [1.54, 1.807) is 12.1 Å². The van der Waals surface area contributed by atoms with Crippen molar-refractivity contribution in [3.63, 3.8) is 0 Å². The molecule has 3 N–H and O–H groups in total. The van der Waals surface area contributed by atoms with Gasteiger partial charge < -0.3 is 11.1 Å². The molecule has 2 rings (SSSR count). The third-order valence-electron chi connectivity index (χ3n) is 2.73. The van der Waals surface area contributed by atoms with Gasteiger partial charge in [0, 0.05) is 22.5 Å². The average molecular weight is 333 g/mol. The summed E-state index contributed by atoms with van der Waals surface area (Å²) >= 11 is 3.35. The number of sulfone groups is 1. The number of carbonyl (C=O) groups excluding carboxylic acids is 1. The molecule has 0 saturated heterocycles. The first-order valence-corrected chi connectivity index (χ1v) is 8.17. The van der Waals surface area contributed by atoms with Crippen LogP contribution >= 0.6 is 15.9 Å². The van der Waals surface area contributed by atoms with Gasteiger partial charge in [0.1, 0.15) is 9.84 Å². The first-order chi connectivity index (χ1) is 8.26. The molecular formula is C11H13BrN2O3S. The Kier molecular flexibility index (Phi) is 3.48. The van der Waals surface area contributed by atoms with Crippen LogP contribution in [0.3, 0.4) is 0 Å². The minimum atomic E-state index is -3.14. The lowest BCUT2D eigenvalue weighted by Crippen LogP contribution is -2.21. The van der Waals surface area contributed by atoms with Crippen molar-refractivity contribution in [1.29, 1.82) is 0 Å². The van der Waals surface area contributed by atoms with Crippen LogP contribution in [0.15, 0.2) is 16.6 Å². The van der Waals surface area contributed by atoms with Crippen LogP contribution in [0.4, 0.5) is 5.69 Å². The summed E-state index contributed by atoms with van der Waals surface area (Å²) in [5.74, 6) is -0.183. The number of anilines is 1. The molecule has 7 heteroatoms. The summed E-state index contributed by atoms with van der Waals surface area (Å²) in [7, 11) is -3.14. The second kappa shape index (κ2) is 4.64. The summed E-state index contributed by atoms with van der Waals surface area (Å²) in [4.78, 5) is 11.3. The molecule has 1 atom stereocenters. The second-order valence-electron chi connectivity index (χ2n) is 4.45. The highest BCUT2D eigenvalue weighted by Gasteiger charge is 2.22. The summed E-state index contributed by atoms with van der Waals surface area (Å²) in [6.45, 7) is 0. The lowest BCUT2D eigenvalue weighted by atomic mass is 10.0. The molecule has 0 spiro atoms. The smallest absolute Gasteiger partial charge is 0.228 e. The van der Waals surface area contributed by atoms with Crippen LogP contribution in [-0.2, 0) is 21.1 Å². The zero-order valence-electron chi connectivity index (χ0n) is 9.73. The van der Waals surface area contributed by atoms with Gasteiger partial charge in [-0.3, -0.25) is 4.79 Å². The molecule has 98 valence electrons. The highest BCUT2D eigenvalue weighted by atomic mass is 79.9. The van der Waals surface area contributed by atoms with Crippen LogP contribution in [0, 0.1) is 0 Å². The van der Waals surface area contributed by atoms with Gasteiger partial charge in [-0.2, -0.15) is 0 Å². The van der Waals surface area contributed by atoms with Crippen molar-refractivity contribution < 1.29 is 13.2 Å². The fourth-order valence-corrected chi connectivity index (χ4v) is 3.44. The number of hydrogen-bond donors (Lipinski definition) is 2. The van der Waals surface area contributed by atoms with Crippen molar-refractivity contribution in [3.8, 4) is 0 Å². The lowest BCUT2D eigenvalue weighted by molar-refractivity contribution is -0.115. The number of fused-ring (bicyclic) bond motifs is 1. The summed E-state index contributed by atoms with van der Waals surface area (Å²) in [6.07, 6.45) is 1.46. The largest absolute Gasteiger partial charge is 0.325 e. The molecule has 0 bridgehead atoms. The van der Waals surface area contributed by atoms with Crippen molar-refractivity contribution in [1.82, 2.24) is 0 Å². The maximum absolute atomic E-state index is 11.3. The number of hydrogen-bond acceptors (Lipinski definition) is 4. The molecule has 1 aromatic carbocycles. The van der Waals surface area contributed by atoms with Crippen LogP contribution in [0.2, 0.25) is 0 Å². The Morgan fingerprint density at radius 3 is 2.78 bits per heavy atom. The van der Waals surface area contributed by atoms with Gasteiger partial charge in [-0.25, -0.2) is 8.42 Å². The Labute approximate surface area is 114 Å². The molecule has 0 aromatic heterocycles. The Balaban J connectivity index is 2.35. The topological polar surface area (TPSA) is 89.3 Å². The average Bonchev–Trinajstić information content (AvgIpc) is 2.53. The fraction of sp³-hybridized carbons (Fsp3) is 0.364. The first kappa shape index (κ1) is 13.5. The quantitative estimate of drug-likeness (QED) is 0.863. The zero-order valence-corrected chi connectivity index (χ0v) is 12.1. The standard InChI is InChI=1S/C11H13BrN2O3S/c1-18(16,17)5-9(13)7-2-6-3-11(15)14-10(6)4-8(7)12/h2,4,9H,3,5,13H2,1H3,(H,14,15). The number of rotatable bonds is 3. The summed E-state index contributed by atoms with van der Waals surface area (Å²) in [5.41, 5.74) is 8.20. The molecule has 1 aliphatic heterocycles. The van der Waals surface area contributed by atoms with E-state index >= 15 is 0 Å². The molecule has 0 radical (unpaired) electrons. The van der Waals surface area contributed by atoms with Gasteiger partial charge in [0.05, 0.1) is 12.2 Å². The highest BCUT2D eigenvalue weighted by molar-refractivity contribution is 9.10. The van der Waals surface area contributed by atoms with Gasteiger partial charge in [-0.15, -0.1) is 0 Å². The van der Waals surface area contributed by atoms with E-state index in [0.29, 0.717) is 16.5 Å². The van der Waals surface area contributed by atoms with Crippen molar-refractivity contribution >= 4 is 37.4 Å². The number of nitrogens with one attached hydrogen (secondary N) is 1. The Bertz CT molecular complexity index is 613. The van der Waals surface area contributed by atoms with Crippen molar-refractivity contribution in [2.45, 2.75) is 12.5 Å². The SMILES string of the molecule is CS(=O)(=O)CC(N)c1cc2c(cc1Br)NC(=O)C2. The molecule has 0 aliphatic carbocycles. The van der Waals surface area contributed by atoms with Crippen molar-refractivity contribution in [3.05, 3.63) is 27.7 Å². The van der Waals surface area contributed by atoms with Crippen LogP contribution in [-0.4, -0.2) is 26.3 Å². The van der Waals surface area contributed by atoms with Gasteiger partial charge in [-0.1, -0.05) is 22.0 Å². The molecule has 5 nitrogen and oxygen atoms in total. The molecule has 18 heavy (non-hydrogen) atoms. The summed E-state index contributed by atoms with van der Waals surface area (Å²) < 4.78 is 23.2. The van der Waals surface area contributed by atoms with E-state index in [9.17, 15) is 13.2 Å². The van der Waals surface area contributed by atoms with E-state index in [2.05, 4.69) is 21.2 Å². The Hall–Kier alpha value is -0.920. The van der Waals surface area contributed by atoms with Gasteiger partial charge in [0.2, 0.25) is 5.91 Å². The van der Waals surface area contributed by atoms with Crippen molar-refractivity contribution in [2.75, 3.05) is 17.3 Å².